The molecule has 5 nitrogen and oxygen atoms in total. The van der Waals surface area contributed by atoms with Crippen LogP contribution in [0.25, 0.3) is 0 Å². The van der Waals surface area contributed by atoms with Crippen molar-refractivity contribution in [1.82, 2.24) is 25.5 Å². The SMILES string of the molecule is CNCC(c1cccs1)c1nnnn1C. The van der Waals surface area contributed by atoms with E-state index in [2.05, 4.69) is 32.3 Å². The standard InChI is InChI=1S/C9H13N5S/c1-10-6-7(8-4-3-5-15-8)9-11-12-13-14(9)2/h3-5,7,10H,6H2,1-2H3. The molecule has 0 amide bonds. The average molecular weight is 223 g/mol. The van der Waals surface area contributed by atoms with Gasteiger partial charge >= 0.3 is 0 Å². The highest BCUT2D eigenvalue weighted by atomic mass is 32.1. The molecule has 2 heterocycles. The first-order valence-corrected chi connectivity index (χ1v) is 5.61. The van der Waals surface area contributed by atoms with Crippen molar-refractivity contribution >= 4 is 11.3 Å². The number of tetrazole rings is 1. The van der Waals surface area contributed by atoms with Gasteiger partial charge in [-0.05, 0) is 28.9 Å². The van der Waals surface area contributed by atoms with Gasteiger partial charge in [0.25, 0.3) is 0 Å². The van der Waals surface area contributed by atoms with Gasteiger partial charge in [0.15, 0.2) is 5.82 Å². The lowest BCUT2D eigenvalue weighted by molar-refractivity contribution is 0.617. The van der Waals surface area contributed by atoms with Crippen LogP contribution in [-0.4, -0.2) is 33.8 Å². The van der Waals surface area contributed by atoms with E-state index in [-0.39, 0.29) is 5.92 Å². The van der Waals surface area contributed by atoms with Crippen LogP contribution in [0.3, 0.4) is 0 Å². The maximum Gasteiger partial charge on any atom is 0.160 e. The molecule has 0 radical (unpaired) electrons. The molecule has 15 heavy (non-hydrogen) atoms. The van der Waals surface area contributed by atoms with Crippen molar-refractivity contribution in [2.75, 3.05) is 13.6 Å². The third kappa shape index (κ3) is 2.05. The minimum atomic E-state index is 0.231. The molecule has 1 unspecified atom stereocenters. The highest BCUT2D eigenvalue weighted by Crippen LogP contribution is 2.25. The molecule has 1 N–H and O–H groups in total. The second kappa shape index (κ2) is 4.50. The quantitative estimate of drug-likeness (QED) is 0.825. The molecule has 6 heteroatoms. The van der Waals surface area contributed by atoms with Crippen molar-refractivity contribution in [1.29, 1.82) is 0 Å². The van der Waals surface area contributed by atoms with Gasteiger partial charge in [-0.15, -0.1) is 16.4 Å². The summed E-state index contributed by atoms with van der Waals surface area (Å²) >= 11 is 1.73. The van der Waals surface area contributed by atoms with E-state index < -0.39 is 0 Å². The maximum absolute atomic E-state index is 4.06. The maximum atomic E-state index is 4.06. The second-order valence-corrected chi connectivity index (χ2v) is 4.27. The van der Waals surface area contributed by atoms with Gasteiger partial charge in [0, 0.05) is 18.5 Å². The Morgan fingerprint density at radius 3 is 3.00 bits per heavy atom. The number of nitrogens with zero attached hydrogens (tertiary/aromatic N) is 4. The van der Waals surface area contributed by atoms with E-state index in [1.807, 2.05) is 20.2 Å². The van der Waals surface area contributed by atoms with Crippen molar-refractivity contribution < 1.29 is 0 Å². The Hall–Kier alpha value is -1.27. The lowest BCUT2D eigenvalue weighted by Crippen LogP contribution is -2.20. The van der Waals surface area contributed by atoms with Crippen LogP contribution < -0.4 is 5.32 Å². The predicted molar refractivity (Wildman–Crippen MR) is 58.9 cm³/mol. The highest BCUT2D eigenvalue weighted by Gasteiger charge is 2.19. The number of thiophene rings is 1. The summed E-state index contributed by atoms with van der Waals surface area (Å²) in [6, 6.07) is 4.16. The molecule has 0 bridgehead atoms. The molecular weight excluding hydrogens is 210 g/mol. The summed E-state index contributed by atoms with van der Waals surface area (Å²) in [7, 11) is 3.80. The first-order valence-electron chi connectivity index (χ1n) is 4.73. The molecule has 0 aliphatic rings. The summed E-state index contributed by atoms with van der Waals surface area (Å²) < 4.78 is 1.72. The summed E-state index contributed by atoms with van der Waals surface area (Å²) in [6.45, 7) is 0.842. The fourth-order valence-electron chi connectivity index (χ4n) is 1.54. The summed E-state index contributed by atoms with van der Waals surface area (Å²) in [6.07, 6.45) is 0. The number of aryl methyl sites for hydroxylation is 1. The van der Waals surface area contributed by atoms with Gasteiger partial charge in [0.2, 0.25) is 0 Å². The molecule has 0 spiro atoms. The predicted octanol–water partition coefficient (Wildman–Crippen LogP) is 0.623. The van der Waals surface area contributed by atoms with Gasteiger partial charge in [-0.3, -0.25) is 0 Å². The summed E-state index contributed by atoms with van der Waals surface area (Å²) in [4.78, 5) is 1.28. The van der Waals surface area contributed by atoms with Crippen LogP contribution >= 0.6 is 11.3 Å². The number of hydrogen-bond donors (Lipinski definition) is 1. The van der Waals surface area contributed by atoms with Gasteiger partial charge in [-0.25, -0.2) is 4.68 Å². The molecule has 0 saturated carbocycles. The van der Waals surface area contributed by atoms with E-state index in [4.69, 9.17) is 0 Å². The van der Waals surface area contributed by atoms with E-state index >= 15 is 0 Å². The van der Waals surface area contributed by atoms with Crippen LogP contribution in [0.2, 0.25) is 0 Å². The Bertz CT molecular complexity index is 408. The van der Waals surface area contributed by atoms with Crippen LogP contribution in [0.1, 0.15) is 16.6 Å². The number of hydrogen-bond acceptors (Lipinski definition) is 5. The second-order valence-electron chi connectivity index (χ2n) is 3.29. The van der Waals surface area contributed by atoms with Gasteiger partial charge in [-0.2, -0.15) is 0 Å². The number of rotatable bonds is 4. The normalized spacial score (nSPS) is 12.9. The molecule has 80 valence electrons. The highest BCUT2D eigenvalue weighted by molar-refractivity contribution is 7.10. The van der Waals surface area contributed by atoms with Crippen molar-refractivity contribution in [3.63, 3.8) is 0 Å². The molecule has 0 aliphatic heterocycles. The zero-order chi connectivity index (χ0) is 10.7. The minimum Gasteiger partial charge on any atom is -0.319 e. The number of likely N-dealkylation sites (N-methyl/N-ethyl adjacent to an activating group) is 1. The third-order valence-electron chi connectivity index (χ3n) is 2.26. The molecule has 2 aromatic heterocycles. The van der Waals surface area contributed by atoms with Gasteiger partial charge < -0.3 is 5.32 Å². The Morgan fingerprint density at radius 2 is 2.47 bits per heavy atom. The lowest BCUT2D eigenvalue weighted by atomic mass is 10.1. The topological polar surface area (TPSA) is 55.6 Å². The third-order valence-corrected chi connectivity index (χ3v) is 3.25. The molecule has 2 rings (SSSR count). The zero-order valence-electron chi connectivity index (χ0n) is 8.71. The minimum absolute atomic E-state index is 0.231. The summed E-state index contributed by atoms with van der Waals surface area (Å²) in [5.41, 5.74) is 0. The zero-order valence-corrected chi connectivity index (χ0v) is 9.53. The van der Waals surface area contributed by atoms with E-state index in [1.54, 1.807) is 16.0 Å². The van der Waals surface area contributed by atoms with E-state index in [1.165, 1.54) is 4.88 Å². The van der Waals surface area contributed by atoms with Gasteiger partial charge in [0.1, 0.15) is 0 Å². The molecule has 0 fully saturated rings. The molecule has 1 atom stereocenters. The van der Waals surface area contributed by atoms with Crippen LogP contribution in [0.15, 0.2) is 17.5 Å². The van der Waals surface area contributed by atoms with Crippen LogP contribution in [0.5, 0.6) is 0 Å². The average Bonchev–Trinajstić information content (AvgIpc) is 2.85. The van der Waals surface area contributed by atoms with Crippen molar-refractivity contribution in [3.8, 4) is 0 Å². The molecule has 0 saturated heterocycles. The van der Waals surface area contributed by atoms with Crippen LogP contribution in [0.4, 0.5) is 0 Å². The fourth-order valence-corrected chi connectivity index (χ4v) is 2.37. The van der Waals surface area contributed by atoms with E-state index in [0.29, 0.717) is 0 Å². The van der Waals surface area contributed by atoms with Gasteiger partial charge in [-0.1, -0.05) is 6.07 Å². The lowest BCUT2D eigenvalue weighted by Gasteiger charge is -2.12. The van der Waals surface area contributed by atoms with E-state index in [0.717, 1.165) is 12.4 Å². The number of aromatic nitrogens is 4. The fraction of sp³-hybridized carbons (Fsp3) is 0.444. The Labute approximate surface area is 92.1 Å². The first-order chi connectivity index (χ1) is 7.33. The Morgan fingerprint density at radius 1 is 1.60 bits per heavy atom. The monoisotopic (exact) mass is 223 g/mol. The van der Waals surface area contributed by atoms with Crippen molar-refractivity contribution in [2.24, 2.45) is 7.05 Å². The summed E-state index contributed by atoms with van der Waals surface area (Å²) in [5.74, 6) is 1.13. The Balaban J connectivity index is 2.32. The molecular formula is C9H13N5S. The Kier molecular flexibility index (Phi) is 3.08. The van der Waals surface area contributed by atoms with Crippen molar-refractivity contribution in [2.45, 2.75) is 5.92 Å². The molecule has 0 aromatic carbocycles. The largest absolute Gasteiger partial charge is 0.319 e. The molecule has 2 aromatic rings. The molecule has 0 aliphatic carbocycles. The smallest absolute Gasteiger partial charge is 0.160 e. The van der Waals surface area contributed by atoms with E-state index in [9.17, 15) is 0 Å². The van der Waals surface area contributed by atoms with Crippen molar-refractivity contribution in [3.05, 3.63) is 28.2 Å². The number of nitrogens with one attached hydrogen (secondary N) is 1. The van der Waals surface area contributed by atoms with Crippen LogP contribution in [-0.2, 0) is 7.05 Å². The van der Waals surface area contributed by atoms with Gasteiger partial charge in [0.05, 0.1) is 5.92 Å². The first kappa shape index (κ1) is 10.3. The van der Waals surface area contributed by atoms with Crippen LogP contribution in [0, 0.1) is 0 Å². The summed E-state index contributed by atoms with van der Waals surface area (Å²) in [5, 5.41) is 16.8.